The largest absolute Gasteiger partial charge is 0.340 e. The van der Waals surface area contributed by atoms with Crippen LogP contribution in [-0.2, 0) is 4.79 Å². The fraction of sp³-hybridized carbons (Fsp3) is 0.500. The second-order valence-electron chi connectivity index (χ2n) is 4.30. The van der Waals surface area contributed by atoms with Gasteiger partial charge in [0.25, 0.3) is 0 Å². The maximum atomic E-state index is 12.1. The van der Waals surface area contributed by atoms with E-state index >= 15 is 0 Å². The van der Waals surface area contributed by atoms with E-state index in [4.69, 9.17) is 0 Å². The Morgan fingerprint density at radius 2 is 2.00 bits per heavy atom. The monoisotopic (exact) mass is 330 g/mol. The van der Waals surface area contributed by atoms with Crippen LogP contribution in [0, 0.1) is 0 Å². The lowest BCUT2D eigenvalue weighted by Crippen LogP contribution is -2.49. The molecule has 1 aliphatic heterocycles. The van der Waals surface area contributed by atoms with E-state index < -0.39 is 0 Å². The maximum Gasteiger partial charge on any atom is 0.219 e. The Bertz CT molecular complexity index is 453. The molecule has 0 aliphatic carbocycles. The summed E-state index contributed by atoms with van der Waals surface area (Å²) in [4.78, 5) is 28.0. The van der Waals surface area contributed by atoms with Gasteiger partial charge in [-0.3, -0.25) is 14.5 Å². The first kappa shape index (κ1) is 13.7. The highest BCUT2D eigenvalue weighted by Crippen LogP contribution is 2.23. The molecule has 1 aromatic rings. The maximum absolute atomic E-state index is 12.1. The van der Waals surface area contributed by atoms with Crippen LogP contribution in [-0.4, -0.2) is 54.2 Å². The third-order valence-electron chi connectivity index (χ3n) is 3.06. The van der Waals surface area contributed by atoms with Gasteiger partial charge in [-0.2, -0.15) is 0 Å². The summed E-state index contributed by atoms with van der Waals surface area (Å²) in [5.41, 5.74) is 0. The molecule has 2 rings (SSSR count). The van der Waals surface area contributed by atoms with E-state index in [9.17, 15) is 9.59 Å². The van der Waals surface area contributed by atoms with Crippen molar-refractivity contribution in [2.75, 3.05) is 32.7 Å². The van der Waals surface area contributed by atoms with Gasteiger partial charge in [-0.05, 0) is 27.4 Å². The zero-order valence-electron chi connectivity index (χ0n) is 10.2. The Kier molecular flexibility index (Phi) is 4.53. The third-order valence-corrected chi connectivity index (χ3v) is 4.93. The molecule has 0 saturated carbocycles. The summed E-state index contributed by atoms with van der Waals surface area (Å²) in [5, 5.41) is 1.91. The number of rotatable bonds is 3. The van der Waals surface area contributed by atoms with Crippen molar-refractivity contribution < 1.29 is 9.59 Å². The van der Waals surface area contributed by atoms with Crippen molar-refractivity contribution >= 4 is 39.0 Å². The van der Waals surface area contributed by atoms with Crippen LogP contribution >= 0.6 is 27.3 Å². The molecular weight excluding hydrogens is 316 g/mol. The summed E-state index contributed by atoms with van der Waals surface area (Å²) in [6.45, 7) is 5.00. The van der Waals surface area contributed by atoms with Gasteiger partial charge >= 0.3 is 0 Å². The number of thiophene rings is 1. The van der Waals surface area contributed by atoms with Crippen LogP contribution in [0.5, 0.6) is 0 Å². The fourth-order valence-electron chi connectivity index (χ4n) is 1.99. The molecule has 6 heteroatoms. The Hall–Kier alpha value is -0.720. The van der Waals surface area contributed by atoms with Gasteiger partial charge in [-0.1, -0.05) is 0 Å². The first-order valence-electron chi connectivity index (χ1n) is 5.82. The molecular formula is C12H15BrN2O2S. The molecule has 2 heterocycles. The molecule has 1 saturated heterocycles. The van der Waals surface area contributed by atoms with Crippen LogP contribution in [0.4, 0.5) is 0 Å². The second-order valence-corrected chi connectivity index (χ2v) is 6.07. The SMILES string of the molecule is CC(=O)N1CCN(CC(=O)c2sccc2Br)CC1. The molecule has 0 unspecified atom stereocenters. The highest BCUT2D eigenvalue weighted by molar-refractivity contribution is 9.10. The first-order chi connectivity index (χ1) is 8.58. The minimum atomic E-state index is 0.113. The van der Waals surface area contributed by atoms with Crippen LogP contribution in [0.25, 0.3) is 0 Å². The van der Waals surface area contributed by atoms with Crippen LogP contribution in [0.15, 0.2) is 15.9 Å². The number of hydrogen-bond acceptors (Lipinski definition) is 4. The lowest BCUT2D eigenvalue weighted by molar-refractivity contribution is -0.130. The van der Waals surface area contributed by atoms with Crippen molar-refractivity contribution in [3.8, 4) is 0 Å². The number of nitrogens with zero attached hydrogens (tertiary/aromatic N) is 2. The van der Waals surface area contributed by atoms with Crippen LogP contribution < -0.4 is 0 Å². The van der Waals surface area contributed by atoms with E-state index in [0.717, 1.165) is 22.4 Å². The van der Waals surface area contributed by atoms with Gasteiger partial charge in [0.05, 0.1) is 11.4 Å². The Morgan fingerprint density at radius 3 is 2.50 bits per heavy atom. The lowest BCUT2D eigenvalue weighted by Gasteiger charge is -2.33. The average molecular weight is 331 g/mol. The standard InChI is InChI=1S/C12H15BrN2O2S/c1-9(16)15-5-3-14(4-6-15)8-11(17)12-10(13)2-7-18-12/h2,7H,3-6,8H2,1H3. The second kappa shape index (κ2) is 5.95. The van der Waals surface area contributed by atoms with E-state index in [1.165, 1.54) is 11.3 Å². The quantitative estimate of drug-likeness (QED) is 0.794. The minimum Gasteiger partial charge on any atom is -0.340 e. The van der Waals surface area contributed by atoms with Crippen molar-refractivity contribution in [3.63, 3.8) is 0 Å². The van der Waals surface area contributed by atoms with Gasteiger partial charge in [-0.15, -0.1) is 11.3 Å². The topological polar surface area (TPSA) is 40.6 Å². The third kappa shape index (κ3) is 3.18. The molecule has 1 fully saturated rings. The van der Waals surface area contributed by atoms with Gasteiger partial charge in [0.15, 0.2) is 5.78 Å². The number of amides is 1. The molecule has 4 nitrogen and oxygen atoms in total. The Labute approximate surface area is 119 Å². The predicted octanol–water partition coefficient (Wildman–Crippen LogP) is 1.86. The summed E-state index contributed by atoms with van der Waals surface area (Å²) in [6.07, 6.45) is 0. The molecule has 1 aliphatic rings. The number of carbonyl (C=O) groups excluding carboxylic acids is 2. The molecule has 98 valence electrons. The summed E-state index contributed by atoms with van der Waals surface area (Å²) in [6, 6.07) is 1.89. The number of Topliss-reactive ketones (excluding diaryl/α,β-unsaturated/α-hetero) is 1. The molecule has 0 radical (unpaired) electrons. The Balaban J connectivity index is 1.87. The van der Waals surface area contributed by atoms with Crippen molar-refractivity contribution in [3.05, 3.63) is 20.8 Å². The summed E-state index contributed by atoms with van der Waals surface area (Å²) in [5.74, 6) is 0.259. The van der Waals surface area contributed by atoms with E-state index in [2.05, 4.69) is 20.8 Å². The van der Waals surface area contributed by atoms with E-state index in [0.29, 0.717) is 19.6 Å². The number of piperazine rings is 1. The number of hydrogen-bond donors (Lipinski definition) is 0. The lowest BCUT2D eigenvalue weighted by atomic mass is 10.2. The zero-order valence-corrected chi connectivity index (χ0v) is 12.6. The smallest absolute Gasteiger partial charge is 0.219 e. The van der Waals surface area contributed by atoms with Gasteiger partial charge in [-0.25, -0.2) is 0 Å². The summed E-state index contributed by atoms with van der Waals surface area (Å²) in [7, 11) is 0. The highest BCUT2D eigenvalue weighted by atomic mass is 79.9. The van der Waals surface area contributed by atoms with Gasteiger partial charge < -0.3 is 4.90 Å². The average Bonchev–Trinajstić information content (AvgIpc) is 2.76. The molecule has 0 spiro atoms. The highest BCUT2D eigenvalue weighted by Gasteiger charge is 2.21. The van der Waals surface area contributed by atoms with Crippen LogP contribution in [0.2, 0.25) is 0 Å². The predicted molar refractivity (Wildman–Crippen MR) is 75.0 cm³/mol. The zero-order chi connectivity index (χ0) is 13.1. The van der Waals surface area contributed by atoms with Crippen LogP contribution in [0.3, 0.4) is 0 Å². The van der Waals surface area contributed by atoms with Crippen molar-refractivity contribution in [2.45, 2.75) is 6.92 Å². The van der Waals surface area contributed by atoms with Gasteiger partial charge in [0, 0.05) is 37.6 Å². The van der Waals surface area contributed by atoms with Crippen molar-refractivity contribution in [1.82, 2.24) is 9.80 Å². The molecule has 0 N–H and O–H groups in total. The number of ketones is 1. The molecule has 1 aromatic heterocycles. The van der Waals surface area contributed by atoms with Gasteiger partial charge in [0.2, 0.25) is 5.91 Å². The number of halogens is 1. The normalized spacial score (nSPS) is 16.9. The van der Waals surface area contributed by atoms with Crippen molar-refractivity contribution in [1.29, 1.82) is 0 Å². The summed E-state index contributed by atoms with van der Waals surface area (Å²) < 4.78 is 0.875. The number of carbonyl (C=O) groups is 2. The molecule has 0 aromatic carbocycles. The minimum absolute atomic E-state index is 0.113. The van der Waals surface area contributed by atoms with E-state index in [-0.39, 0.29) is 11.7 Å². The van der Waals surface area contributed by atoms with Gasteiger partial charge in [0.1, 0.15) is 0 Å². The Morgan fingerprint density at radius 1 is 1.33 bits per heavy atom. The molecule has 0 atom stereocenters. The molecule has 0 bridgehead atoms. The van der Waals surface area contributed by atoms with E-state index in [1.807, 2.05) is 16.3 Å². The van der Waals surface area contributed by atoms with Crippen molar-refractivity contribution in [2.24, 2.45) is 0 Å². The first-order valence-corrected chi connectivity index (χ1v) is 7.49. The van der Waals surface area contributed by atoms with Crippen LogP contribution in [0.1, 0.15) is 16.6 Å². The van der Waals surface area contributed by atoms with E-state index in [1.54, 1.807) is 6.92 Å². The molecule has 18 heavy (non-hydrogen) atoms. The summed E-state index contributed by atoms with van der Waals surface area (Å²) >= 11 is 4.84. The fourth-order valence-corrected chi connectivity index (χ4v) is 3.51. The molecule has 1 amide bonds.